The normalized spacial score (nSPS) is 25.6. The Morgan fingerprint density at radius 2 is 2.31 bits per heavy atom. The first kappa shape index (κ1) is 13.7. The zero-order valence-electron chi connectivity index (χ0n) is 11.1. The molecule has 16 heavy (non-hydrogen) atoms. The summed E-state index contributed by atoms with van der Waals surface area (Å²) >= 11 is 0. The molecule has 2 heteroatoms. The Kier molecular flexibility index (Phi) is 6.74. The number of allylic oxidation sites excluding steroid dienone is 2. The third-order valence-corrected chi connectivity index (χ3v) is 3.16. The molecule has 0 aromatic carbocycles. The van der Waals surface area contributed by atoms with Gasteiger partial charge in [-0.2, -0.15) is 0 Å². The van der Waals surface area contributed by atoms with Crippen molar-refractivity contribution in [3.05, 3.63) is 11.6 Å². The van der Waals surface area contributed by atoms with Gasteiger partial charge in [-0.25, -0.2) is 0 Å². The van der Waals surface area contributed by atoms with Crippen molar-refractivity contribution in [2.75, 3.05) is 26.3 Å². The summed E-state index contributed by atoms with van der Waals surface area (Å²) in [5, 5.41) is 3.55. The minimum absolute atomic E-state index is 0.768. The monoisotopic (exact) mass is 225 g/mol. The van der Waals surface area contributed by atoms with Gasteiger partial charge in [-0.05, 0) is 58.0 Å². The Bertz CT molecular complexity index is 213. The van der Waals surface area contributed by atoms with Crippen LogP contribution in [-0.4, -0.2) is 26.3 Å². The molecule has 1 N–H and O–H groups in total. The van der Waals surface area contributed by atoms with E-state index in [0.29, 0.717) is 0 Å². The summed E-state index contributed by atoms with van der Waals surface area (Å²) in [7, 11) is 0. The minimum Gasteiger partial charge on any atom is -0.382 e. The van der Waals surface area contributed by atoms with E-state index in [2.05, 4.69) is 25.2 Å². The lowest BCUT2D eigenvalue weighted by atomic mass is 9.84. The van der Waals surface area contributed by atoms with Gasteiger partial charge in [-0.1, -0.05) is 18.6 Å². The summed E-state index contributed by atoms with van der Waals surface area (Å²) in [6.07, 6.45) is 6.18. The molecular weight excluding hydrogens is 198 g/mol. The topological polar surface area (TPSA) is 21.3 Å². The van der Waals surface area contributed by atoms with E-state index in [-0.39, 0.29) is 0 Å². The van der Waals surface area contributed by atoms with Crippen LogP contribution in [0.15, 0.2) is 11.6 Å². The molecule has 0 amide bonds. The third kappa shape index (κ3) is 5.66. The highest BCUT2D eigenvalue weighted by molar-refractivity contribution is 5.06. The van der Waals surface area contributed by atoms with Gasteiger partial charge in [0.25, 0.3) is 0 Å². The summed E-state index contributed by atoms with van der Waals surface area (Å²) in [5.74, 6) is 1.61. The second-order valence-electron chi connectivity index (χ2n) is 5.05. The molecule has 0 aromatic heterocycles. The first-order chi connectivity index (χ1) is 7.72. The molecule has 0 radical (unpaired) electrons. The molecule has 1 rings (SSSR count). The first-order valence-corrected chi connectivity index (χ1v) is 6.68. The lowest BCUT2D eigenvalue weighted by molar-refractivity contribution is 0.144. The third-order valence-electron chi connectivity index (χ3n) is 3.16. The van der Waals surface area contributed by atoms with Crippen LogP contribution in [0, 0.1) is 11.8 Å². The van der Waals surface area contributed by atoms with E-state index in [0.717, 1.165) is 38.0 Å². The van der Waals surface area contributed by atoms with Gasteiger partial charge in [0.1, 0.15) is 0 Å². The Morgan fingerprint density at radius 3 is 3.00 bits per heavy atom. The van der Waals surface area contributed by atoms with Gasteiger partial charge in [0, 0.05) is 13.2 Å². The van der Waals surface area contributed by atoms with Gasteiger partial charge >= 0.3 is 0 Å². The summed E-state index contributed by atoms with van der Waals surface area (Å²) in [6.45, 7) is 10.6. The van der Waals surface area contributed by atoms with Gasteiger partial charge in [0.05, 0.1) is 0 Å². The van der Waals surface area contributed by atoms with Crippen molar-refractivity contribution in [3.8, 4) is 0 Å². The van der Waals surface area contributed by atoms with E-state index >= 15 is 0 Å². The predicted octanol–water partition coefficient (Wildman–Crippen LogP) is 3.00. The smallest absolute Gasteiger partial charge is 0.0477 e. The molecule has 0 fully saturated rings. The van der Waals surface area contributed by atoms with E-state index in [1.165, 1.54) is 19.4 Å². The maximum Gasteiger partial charge on any atom is 0.0477 e. The maximum absolute atomic E-state index is 5.31. The lowest BCUT2D eigenvalue weighted by Gasteiger charge is -2.25. The number of rotatable bonds is 7. The molecule has 1 aliphatic carbocycles. The molecule has 0 aliphatic heterocycles. The molecular formula is C14H27NO. The van der Waals surface area contributed by atoms with Gasteiger partial charge in [-0.15, -0.1) is 0 Å². The molecule has 0 saturated heterocycles. The Balaban J connectivity index is 2.03. The lowest BCUT2D eigenvalue weighted by Crippen LogP contribution is -2.27. The van der Waals surface area contributed by atoms with Crippen LogP contribution in [0.4, 0.5) is 0 Å². The van der Waals surface area contributed by atoms with E-state index in [1.807, 2.05) is 6.92 Å². The van der Waals surface area contributed by atoms with Gasteiger partial charge in [0.15, 0.2) is 0 Å². The van der Waals surface area contributed by atoms with Crippen LogP contribution in [0.2, 0.25) is 0 Å². The highest BCUT2D eigenvalue weighted by Crippen LogP contribution is 2.27. The summed E-state index contributed by atoms with van der Waals surface area (Å²) < 4.78 is 5.31. The standard InChI is InChI=1S/C14H27NO/c1-4-16-7-5-6-15-11-14-9-12(2)8-13(3)10-14/h8,12,14-15H,4-7,9-11H2,1-3H3. The number of ether oxygens (including phenoxy) is 1. The van der Waals surface area contributed by atoms with Crippen LogP contribution in [-0.2, 0) is 4.74 Å². The van der Waals surface area contributed by atoms with Crippen molar-refractivity contribution < 1.29 is 4.74 Å². The summed E-state index contributed by atoms with van der Waals surface area (Å²) in [6, 6.07) is 0. The van der Waals surface area contributed by atoms with Crippen molar-refractivity contribution in [2.24, 2.45) is 11.8 Å². The van der Waals surface area contributed by atoms with Crippen LogP contribution in [0.1, 0.15) is 40.0 Å². The molecule has 2 atom stereocenters. The van der Waals surface area contributed by atoms with Crippen molar-refractivity contribution in [3.63, 3.8) is 0 Å². The number of hydrogen-bond donors (Lipinski definition) is 1. The zero-order valence-corrected chi connectivity index (χ0v) is 11.1. The van der Waals surface area contributed by atoms with Gasteiger partial charge in [-0.3, -0.25) is 0 Å². The molecule has 1 aliphatic rings. The number of nitrogens with one attached hydrogen (secondary N) is 1. The molecule has 0 saturated carbocycles. The van der Waals surface area contributed by atoms with E-state index in [9.17, 15) is 0 Å². The van der Waals surface area contributed by atoms with E-state index < -0.39 is 0 Å². The second-order valence-corrected chi connectivity index (χ2v) is 5.05. The summed E-state index contributed by atoms with van der Waals surface area (Å²) in [4.78, 5) is 0. The maximum atomic E-state index is 5.31. The Labute approximate surface area is 100 Å². The Hall–Kier alpha value is -0.340. The van der Waals surface area contributed by atoms with Crippen molar-refractivity contribution in [2.45, 2.75) is 40.0 Å². The van der Waals surface area contributed by atoms with Crippen LogP contribution in [0.25, 0.3) is 0 Å². The predicted molar refractivity (Wildman–Crippen MR) is 69.6 cm³/mol. The van der Waals surface area contributed by atoms with E-state index in [4.69, 9.17) is 4.74 Å². The fraction of sp³-hybridized carbons (Fsp3) is 0.857. The molecule has 0 spiro atoms. The molecule has 2 unspecified atom stereocenters. The quantitative estimate of drug-likeness (QED) is 0.531. The highest BCUT2D eigenvalue weighted by atomic mass is 16.5. The SMILES string of the molecule is CCOCCCNCC1CC(C)=CC(C)C1. The van der Waals surface area contributed by atoms with Crippen molar-refractivity contribution in [1.82, 2.24) is 5.32 Å². The van der Waals surface area contributed by atoms with Gasteiger partial charge in [0.2, 0.25) is 0 Å². The van der Waals surface area contributed by atoms with Crippen molar-refractivity contribution >= 4 is 0 Å². The summed E-state index contributed by atoms with van der Waals surface area (Å²) in [5.41, 5.74) is 1.57. The Morgan fingerprint density at radius 1 is 1.50 bits per heavy atom. The highest BCUT2D eigenvalue weighted by Gasteiger charge is 2.17. The zero-order chi connectivity index (χ0) is 11.8. The number of hydrogen-bond acceptors (Lipinski definition) is 2. The van der Waals surface area contributed by atoms with Crippen LogP contribution in [0.5, 0.6) is 0 Å². The second kappa shape index (κ2) is 7.86. The van der Waals surface area contributed by atoms with Crippen molar-refractivity contribution in [1.29, 1.82) is 0 Å². The van der Waals surface area contributed by atoms with Crippen LogP contribution < -0.4 is 5.32 Å². The van der Waals surface area contributed by atoms with E-state index in [1.54, 1.807) is 5.57 Å². The first-order valence-electron chi connectivity index (χ1n) is 6.68. The average Bonchev–Trinajstić information content (AvgIpc) is 2.22. The fourth-order valence-corrected chi connectivity index (χ4v) is 2.59. The molecule has 2 nitrogen and oxygen atoms in total. The molecule has 94 valence electrons. The van der Waals surface area contributed by atoms with Crippen LogP contribution in [0.3, 0.4) is 0 Å². The van der Waals surface area contributed by atoms with Crippen LogP contribution >= 0.6 is 0 Å². The van der Waals surface area contributed by atoms with Gasteiger partial charge < -0.3 is 10.1 Å². The molecule has 0 aromatic rings. The molecule has 0 heterocycles. The molecule has 0 bridgehead atoms. The fourth-order valence-electron chi connectivity index (χ4n) is 2.59. The largest absolute Gasteiger partial charge is 0.382 e. The minimum atomic E-state index is 0.768. The average molecular weight is 225 g/mol.